The average molecular weight is 365 g/mol. The first-order valence-electron chi connectivity index (χ1n) is 8.11. The van der Waals surface area contributed by atoms with E-state index in [9.17, 15) is 9.18 Å². The fourth-order valence-electron chi connectivity index (χ4n) is 2.93. The lowest BCUT2D eigenvalue weighted by atomic mass is 10.0. The maximum atomic E-state index is 13.7. The van der Waals surface area contributed by atoms with E-state index in [2.05, 4.69) is 22.5 Å². The van der Waals surface area contributed by atoms with Crippen molar-refractivity contribution in [3.63, 3.8) is 0 Å². The first-order chi connectivity index (χ1) is 12.5. The zero-order valence-electron chi connectivity index (χ0n) is 14.3. The Kier molecular flexibility index (Phi) is 4.05. The van der Waals surface area contributed by atoms with Gasteiger partial charge < -0.3 is 5.32 Å². The number of nitrogens with zero attached hydrogens (tertiary/aromatic N) is 2. The van der Waals surface area contributed by atoms with Gasteiger partial charge >= 0.3 is 0 Å². The molecule has 0 aliphatic rings. The van der Waals surface area contributed by atoms with Gasteiger partial charge in [0, 0.05) is 17.3 Å². The number of benzene rings is 2. The number of aryl methyl sites for hydroxylation is 2. The zero-order chi connectivity index (χ0) is 18.3. The van der Waals surface area contributed by atoms with Crippen molar-refractivity contribution in [3.8, 4) is 10.4 Å². The van der Waals surface area contributed by atoms with Crippen molar-refractivity contribution in [1.82, 2.24) is 9.78 Å². The van der Waals surface area contributed by atoms with Crippen LogP contribution in [0.2, 0.25) is 0 Å². The second kappa shape index (κ2) is 6.38. The molecule has 130 valence electrons. The molecule has 1 N–H and O–H groups in total. The number of fused-ring (bicyclic) bond motifs is 1. The molecule has 0 aliphatic heterocycles. The Bertz CT molecular complexity index is 1130. The van der Waals surface area contributed by atoms with Crippen LogP contribution in [-0.4, -0.2) is 15.7 Å². The number of anilines is 1. The summed E-state index contributed by atoms with van der Waals surface area (Å²) in [6.45, 7) is 2.04. The van der Waals surface area contributed by atoms with E-state index < -0.39 is 5.82 Å². The van der Waals surface area contributed by atoms with Gasteiger partial charge in [-0.25, -0.2) is 4.39 Å². The third-order valence-electron chi connectivity index (χ3n) is 4.31. The topological polar surface area (TPSA) is 46.9 Å². The summed E-state index contributed by atoms with van der Waals surface area (Å²) in [7, 11) is 1.91. The molecule has 2 heterocycles. The molecule has 0 saturated carbocycles. The van der Waals surface area contributed by atoms with Crippen molar-refractivity contribution < 1.29 is 9.18 Å². The molecule has 0 fully saturated rings. The highest BCUT2D eigenvalue weighted by Crippen LogP contribution is 2.33. The van der Waals surface area contributed by atoms with E-state index in [-0.39, 0.29) is 11.6 Å². The predicted molar refractivity (Wildman–Crippen MR) is 103 cm³/mol. The Balaban J connectivity index is 1.66. The van der Waals surface area contributed by atoms with Crippen molar-refractivity contribution in [3.05, 3.63) is 71.0 Å². The van der Waals surface area contributed by atoms with Gasteiger partial charge in [0.2, 0.25) is 0 Å². The van der Waals surface area contributed by atoms with Crippen LogP contribution >= 0.6 is 11.3 Å². The molecule has 4 nitrogen and oxygen atoms in total. The first kappa shape index (κ1) is 16.5. The number of nitrogens with one attached hydrogen (secondary N) is 1. The summed E-state index contributed by atoms with van der Waals surface area (Å²) in [5.41, 5.74) is 3.40. The van der Waals surface area contributed by atoms with Gasteiger partial charge in [-0.3, -0.25) is 9.48 Å². The zero-order valence-corrected chi connectivity index (χ0v) is 15.1. The second-order valence-electron chi connectivity index (χ2n) is 6.09. The highest BCUT2D eigenvalue weighted by Gasteiger charge is 2.14. The van der Waals surface area contributed by atoms with Gasteiger partial charge in [0.05, 0.1) is 22.3 Å². The summed E-state index contributed by atoms with van der Waals surface area (Å²) in [4.78, 5) is 14.0. The van der Waals surface area contributed by atoms with Gasteiger partial charge in [-0.2, -0.15) is 5.10 Å². The Labute approximate surface area is 153 Å². The fourth-order valence-corrected chi connectivity index (χ4v) is 3.91. The van der Waals surface area contributed by atoms with Crippen molar-refractivity contribution in [2.24, 2.45) is 7.05 Å². The van der Waals surface area contributed by atoms with E-state index in [4.69, 9.17) is 0 Å². The molecule has 0 radical (unpaired) electrons. The molecule has 4 rings (SSSR count). The molecule has 1 amide bonds. The number of thiophene rings is 1. The van der Waals surface area contributed by atoms with E-state index in [1.54, 1.807) is 24.3 Å². The van der Waals surface area contributed by atoms with Crippen LogP contribution in [0.3, 0.4) is 0 Å². The molecule has 6 heteroatoms. The number of amides is 1. The van der Waals surface area contributed by atoms with Gasteiger partial charge in [-0.05, 0) is 54.4 Å². The average Bonchev–Trinajstić information content (AvgIpc) is 3.24. The summed E-state index contributed by atoms with van der Waals surface area (Å²) < 4.78 is 15.6. The van der Waals surface area contributed by atoms with Crippen LogP contribution in [0.4, 0.5) is 10.1 Å². The number of hydrogen-bond acceptors (Lipinski definition) is 3. The lowest BCUT2D eigenvalue weighted by molar-refractivity contribution is 0.103. The van der Waals surface area contributed by atoms with Crippen molar-refractivity contribution in [2.75, 3.05) is 5.32 Å². The van der Waals surface area contributed by atoms with Gasteiger partial charge in [0.15, 0.2) is 0 Å². The van der Waals surface area contributed by atoms with Crippen LogP contribution < -0.4 is 5.32 Å². The standard InChI is InChI=1S/C20H16FN3OS/c1-12-9-13-11-22-24(2)17(13)10-14(12)18-7-8-19(26-18)20(25)23-16-6-4-3-5-15(16)21/h3-11H,1-2H3,(H,23,25). The maximum absolute atomic E-state index is 13.7. The molecule has 0 bridgehead atoms. The smallest absolute Gasteiger partial charge is 0.265 e. The van der Waals surface area contributed by atoms with E-state index >= 15 is 0 Å². The summed E-state index contributed by atoms with van der Waals surface area (Å²) in [5, 5.41) is 7.99. The number of carbonyl (C=O) groups excluding carboxylic acids is 1. The van der Waals surface area contributed by atoms with E-state index in [0.717, 1.165) is 26.9 Å². The van der Waals surface area contributed by atoms with Crippen molar-refractivity contribution in [1.29, 1.82) is 0 Å². The van der Waals surface area contributed by atoms with E-state index in [0.29, 0.717) is 4.88 Å². The highest BCUT2D eigenvalue weighted by molar-refractivity contribution is 7.17. The van der Waals surface area contributed by atoms with Gasteiger partial charge in [0.1, 0.15) is 5.82 Å². The van der Waals surface area contributed by atoms with Crippen LogP contribution in [0.1, 0.15) is 15.2 Å². The van der Waals surface area contributed by atoms with Crippen LogP contribution in [0.25, 0.3) is 21.3 Å². The van der Waals surface area contributed by atoms with E-state index in [1.807, 2.05) is 30.9 Å². The lowest BCUT2D eigenvalue weighted by Gasteiger charge is -2.05. The third kappa shape index (κ3) is 2.88. The lowest BCUT2D eigenvalue weighted by Crippen LogP contribution is -2.11. The largest absolute Gasteiger partial charge is 0.319 e. The minimum Gasteiger partial charge on any atom is -0.319 e. The molecule has 0 spiro atoms. The van der Waals surface area contributed by atoms with Crippen LogP contribution in [-0.2, 0) is 7.05 Å². The number of hydrogen-bond donors (Lipinski definition) is 1. The Morgan fingerprint density at radius 3 is 2.81 bits per heavy atom. The highest BCUT2D eigenvalue weighted by atomic mass is 32.1. The van der Waals surface area contributed by atoms with Gasteiger partial charge in [0.25, 0.3) is 5.91 Å². The van der Waals surface area contributed by atoms with Crippen molar-refractivity contribution >= 4 is 33.8 Å². The molecule has 0 unspecified atom stereocenters. The molecule has 2 aromatic carbocycles. The minimum absolute atomic E-state index is 0.180. The molecule has 26 heavy (non-hydrogen) atoms. The summed E-state index contributed by atoms with van der Waals surface area (Å²) in [6, 6.07) is 14.0. The SMILES string of the molecule is Cc1cc2cnn(C)c2cc1-c1ccc(C(=O)Nc2ccccc2F)s1. The van der Waals surface area contributed by atoms with Gasteiger partial charge in [-0.15, -0.1) is 11.3 Å². The molecule has 0 aliphatic carbocycles. The summed E-state index contributed by atoms with van der Waals surface area (Å²) >= 11 is 1.39. The maximum Gasteiger partial charge on any atom is 0.265 e. The number of rotatable bonds is 3. The monoisotopic (exact) mass is 365 g/mol. The van der Waals surface area contributed by atoms with Crippen LogP contribution in [0.15, 0.2) is 54.7 Å². The molecular weight excluding hydrogens is 349 g/mol. The number of para-hydroxylation sites is 1. The van der Waals surface area contributed by atoms with Crippen LogP contribution in [0.5, 0.6) is 0 Å². The minimum atomic E-state index is -0.449. The first-order valence-corrected chi connectivity index (χ1v) is 8.93. The Morgan fingerprint density at radius 1 is 1.19 bits per heavy atom. The quantitative estimate of drug-likeness (QED) is 0.555. The number of carbonyl (C=O) groups is 1. The molecular formula is C20H16FN3OS. The Morgan fingerprint density at radius 2 is 2.00 bits per heavy atom. The normalized spacial score (nSPS) is 11.0. The molecule has 2 aromatic heterocycles. The fraction of sp³-hybridized carbons (Fsp3) is 0.100. The summed E-state index contributed by atoms with van der Waals surface area (Å²) in [5.74, 6) is -0.763. The van der Waals surface area contributed by atoms with Gasteiger partial charge in [-0.1, -0.05) is 12.1 Å². The third-order valence-corrected chi connectivity index (χ3v) is 5.43. The summed E-state index contributed by atoms with van der Waals surface area (Å²) in [6.07, 6.45) is 1.84. The number of aromatic nitrogens is 2. The molecule has 0 atom stereocenters. The van der Waals surface area contributed by atoms with Crippen molar-refractivity contribution in [2.45, 2.75) is 6.92 Å². The molecule has 0 saturated heterocycles. The molecule has 4 aromatic rings. The van der Waals surface area contributed by atoms with E-state index in [1.165, 1.54) is 17.4 Å². The Hall–Kier alpha value is -2.99. The number of halogens is 1. The van der Waals surface area contributed by atoms with Crippen LogP contribution in [0, 0.1) is 12.7 Å². The second-order valence-corrected chi connectivity index (χ2v) is 7.18. The predicted octanol–water partition coefficient (Wildman–Crippen LogP) is 5.00.